The van der Waals surface area contributed by atoms with Gasteiger partial charge in [-0.15, -0.1) is 0 Å². The second-order valence-corrected chi connectivity index (χ2v) is 8.10. The van der Waals surface area contributed by atoms with E-state index >= 15 is 0 Å². The molecule has 0 spiro atoms. The quantitative estimate of drug-likeness (QED) is 0.342. The molecule has 0 aliphatic heterocycles. The number of benzene rings is 3. The summed E-state index contributed by atoms with van der Waals surface area (Å²) in [5.41, 5.74) is 3.79. The van der Waals surface area contributed by atoms with Gasteiger partial charge in [-0.3, -0.25) is 9.52 Å². The van der Waals surface area contributed by atoms with Gasteiger partial charge in [0.2, 0.25) is 16.8 Å². The third-order valence-corrected chi connectivity index (χ3v) is 5.95. The van der Waals surface area contributed by atoms with E-state index < -0.39 is 11.1 Å². The molecule has 0 bridgehead atoms. The van der Waals surface area contributed by atoms with Gasteiger partial charge < -0.3 is 23.9 Å². The number of para-hydroxylation sites is 2. The molecule has 180 valence electrons. The Balaban J connectivity index is 1.46. The lowest BCUT2D eigenvalue weighted by atomic mass is 10.1. The number of hydrogen-bond donors (Lipinski definition) is 2. The van der Waals surface area contributed by atoms with Crippen LogP contribution in [0.3, 0.4) is 0 Å². The highest BCUT2D eigenvalue weighted by Gasteiger charge is 2.19. The molecule has 0 radical (unpaired) electrons. The van der Waals surface area contributed by atoms with E-state index in [-0.39, 0.29) is 5.56 Å². The summed E-state index contributed by atoms with van der Waals surface area (Å²) in [5, 5.41) is 2.36. The molecule has 1 heterocycles. The third kappa shape index (κ3) is 5.02. The van der Waals surface area contributed by atoms with Crippen molar-refractivity contribution in [1.82, 2.24) is 9.71 Å². The molecule has 2 N–H and O–H groups in total. The number of carbonyl (C=O) groups excluding carboxylic acids is 2. The Labute approximate surface area is 205 Å². The Hall–Kier alpha value is -4.18. The van der Waals surface area contributed by atoms with E-state index in [2.05, 4.69) is 15.0 Å². The van der Waals surface area contributed by atoms with Gasteiger partial charge in [0.25, 0.3) is 0 Å². The van der Waals surface area contributed by atoms with Gasteiger partial charge in [-0.25, -0.2) is 9.78 Å². The Kier molecular flexibility index (Phi) is 7.11. The van der Waals surface area contributed by atoms with Crippen molar-refractivity contribution in [3.63, 3.8) is 0 Å². The van der Waals surface area contributed by atoms with E-state index in [1.54, 1.807) is 12.1 Å². The Bertz CT molecular complexity index is 1340. The number of anilines is 1. The predicted molar refractivity (Wildman–Crippen MR) is 134 cm³/mol. The first-order chi connectivity index (χ1) is 16.9. The zero-order valence-electron chi connectivity index (χ0n) is 19.5. The molecule has 0 aliphatic rings. The molecule has 0 atom stereocenters. The molecule has 0 fully saturated rings. The molecular weight excluding hydrogens is 470 g/mol. The summed E-state index contributed by atoms with van der Waals surface area (Å²) in [6.07, 6.45) is 0. The largest absolute Gasteiger partial charge is 0.493 e. The van der Waals surface area contributed by atoms with Gasteiger partial charge in [0.1, 0.15) is 5.52 Å². The maximum absolute atomic E-state index is 12.7. The monoisotopic (exact) mass is 493 g/mol. The SMILES string of the molecule is COc1cc(C(=O)SNC(=O)Nc2cccc(-c3nc4ccccc4o3)c2C)cc(OC)c1OC. The molecular formula is C25H23N3O6S. The summed E-state index contributed by atoms with van der Waals surface area (Å²) in [6, 6.07) is 15.4. The summed E-state index contributed by atoms with van der Waals surface area (Å²) in [4.78, 5) is 29.7. The minimum Gasteiger partial charge on any atom is -0.493 e. The molecule has 35 heavy (non-hydrogen) atoms. The first-order valence-electron chi connectivity index (χ1n) is 10.5. The second kappa shape index (κ2) is 10.4. The number of urea groups is 1. The lowest BCUT2D eigenvalue weighted by Gasteiger charge is -2.14. The highest BCUT2D eigenvalue weighted by Crippen LogP contribution is 2.39. The van der Waals surface area contributed by atoms with Gasteiger partial charge in [-0.2, -0.15) is 0 Å². The number of carbonyl (C=O) groups is 2. The minimum absolute atomic E-state index is 0.277. The molecule has 1 aromatic heterocycles. The lowest BCUT2D eigenvalue weighted by molar-refractivity contribution is 0.108. The lowest BCUT2D eigenvalue weighted by Crippen LogP contribution is -2.24. The summed E-state index contributed by atoms with van der Waals surface area (Å²) >= 11 is 0.634. The molecule has 10 heteroatoms. The van der Waals surface area contributed by atoms with Crippen LogP contribution in [-0.2, 0) is 0 Å². The second-order valence-electron chi connectivity index (χ2n) is 7.32. The fourth-order valence-electron chi connectivity index (χ4n) is 3.49. The maximum atomic E-state index is 12.7. The van der Waals surface area contributed by atoms with Crippen molar-refractivity contribution >= 4 is 39.9 Å². The topological polar surface area (TPSA) is 112 Å². The van der Waals surface area contributed by atoms with E-state index in [1.165, 1.54) is 33.5 Å². The number of aromatic nitrogens is 1. The van der Waals surface area contributed by atoms with Gasteiger partial charge in [0.15, 0.2) is 17.1 Å². The first-order valence-corrected chi connectivity index (χ1v) is 11.3. The van der Waals surface area contributed by atoms with Crippen LogP contribution in [0.1, 0.15) is 15.9 Å². The minimum atomic E-state index is -0.561. The van der Waals surface area contributed by atoms with Crippen LogP contribution in [0.5, 0.6) is 17.2 Å². The van der Waals surface area contributed by atoms with Crippen molar-refractivity contribution in [3.8, 4) is 28.7 Å². The maximum Gasteiger partial charge on any atom is 0.329 e. The van der Waals surface area contributed by atoms with Crippen LogP contribution in [0.25, 0.3) is 22.6 Å². The summed E-state index contributed by atoms with van der Waals surface area (Å²) in [5.74, 6) is 1.51. The number of oxazole rings is 1. The van der Waals surface area contributed by atoms with Gasteiger partial charge in [0.05, 0.1) is 21.3 Å². The average molecular weight is 494 g/mol. The number of nitrogens with one attached hydrogen (secondary N) is 2. The van der Waals surface area contributed by atoms with Crippen molar-refractivity contribution < 1.29 is 28.2 Å². The number of rotatable bonds is 6. The molecule has 4 aromatic rings. The Morgan fingerprint density at radius 2 is 1.66 bits per heavy atom. The predicted octanol–water partition coefficient (Wildman–Crippen LogP) is 5.44. The van der Waals surface area contributed by atoms with Crippen LogP contribution in [0.4, 0.5) is 10.5 Å². The van der Waals surface area contributed by atoms with Crippen LogP contribution in [-0.4, -0.2) is 37.5 Å². The van der Waals surface area contributed by atoms with Crippen molar-refractivity contribution in [2.24, 2.45) is 0 Å². The number of hydrogen-bond acceptors (Lipinski definition) is 8. The van der Waals surface area contributed by atoms with Crippen molar-refractivity contribution in [1.29, 1.82) is 0 Å². The third-order valence-electron chi connectivity index (χ3n) is 5.24. The Morgan fingerprint density at radius 3 is 2.31 bits per heavy atom. The fraction of sp³-hybridized carbons (Fsp3) is 0.160. The van der Waals surface area contributed by atoms with E-state index in [1.807, 2.05) is 37.3 Å². The van der Waals surface area contributed by atoms with Crippen LogP contribution < -0.4 is 24.2 Å². The Morgan fingerprint density at radius 1 is 0.943 bits per heavy atom. The molecule has 2 amide bonds. The normalized spacial score (nSPS) is 10.6. The molecule has 4 rings (SSSR count). The zero-order valence-corrected chi connectivity index (χ0v) is 20.3. The number of ether oxygens (including phenoxy) is 3. The summed E-state index contributed by atoms with van der Waals surface area (Å²) in [7, 11) is 4.40. The molecule has 0 saturated carbocycles. The van der Waals surface area contributed by atoms with Crippen LogP contribution in [0.15, 0.2) is 59.0 Å². The number of nitrogens with zero attached hydrogens (tertiary/aromatic N) is 1. The van der Waals surface area contributed by atoms with Crippen LogP contribution in [0, 0.1) is 6.92 Å². The molecule has 0 unspecified atom stereocenters. The van der Waals surface area contributed by atoms with Crippen molar-refractivity contribution in [2.45, 2.75) is 6.92 Å². The zero-order chi connectivity index (χ0) is 24.9. The molecule has 9 nitrogen and oxygen atoms in total. The highest BCUT2D eigenvalue weighted by molar-refractivity contribution is 8.12. The first kappa shape index (κ1) is 24.0. The smallest absolute Gasteiger partial charge is 0.329 e. The van der Waals surface area contributed by atoms with E-state index in [0.29, 0.717) is 46.4 Å². The molecule has 3 aromatic carbocycles. The van der Waals surface area contributed by atoms with Crippen LogP contribution in [0.2, 0.25) is 0 Å². The van der Waals surface area contributed by atoms with E-state index in [4.69, 9.17) is 18.6 Å². The summed E-state index contributed by atoms with van der Waals surface area (Å²) < 4.78 is 24.2. The molecule has 0 aliphatic carbocycles. The van der Waals surface area contributed by atoms with Gasteiger partial charge in [-0.1, -0.05) is 18.2 Å². The number of fused-ring (bicyclic) bond motifs is 1. The molecule has 0 saturated heterocycles. The fourth-order valence-corrected chi connectivity index (χ4v) is 3.96. The van der Waals surface area contributed by atoms with Gasteiger partial charge in [0, 0.05) is 28.8 Å². The standard InChI is InChI=1S/C25H23N3O6S/c1-14-16(23-26-18-9-5-6-11-19(18)34-23)8-7-10-17(14)27-25(30)28-35-24(29)15-12-20(31-2)22(33-4)21(13-15)32-3/h5-13H,1-4H3,(H2,27,28,30). The average Bonchev–Trinajstić information content (AvgIpc) is 3.31. The van der Waals surface area contributed by atoms with Gasteiger partial charge in [-0.05, 0) is 48.9 Å². The van der Waals surface area contributed by atoms with E-state index in [0.717, 1.165) is 16.6 Å². The van der Waals surface area contributed by atoms with Crippen molar-refractivity contribution in [2.75, 3.05) is 26.6 Å². The number of amides is 2. The van der Waals surface area contributed by atoms with Crippen LogP contribution >= 0.6 is 11.9 Å². The van der Waals surface area contributed by atoms with Gasteiger partial charge >= 0.3 is 6.03 Å². The number of methoxy groups -OCH3 is 3. The van der Waals surface area contributed by atoms with Crippen molar-refractivity contribution in [3.05, 3.63) is 65.7 Å². The van der Waals surface area contributed by atoms with E-state index in [9.17, 15) is 9.59 Å². The highest BCUT2D eigenvalue weighted by atomic mass is 32.2. The summed E-state index contributed by atoms with van der Waals surface area (Å²) in [6.45, 7) is 1.86.